The first-order valence-electron chi connectivity index (χ1n) is 5.69. The molecule has 0 bridgehead atoms. The minimum absolute atomic E-state index is 0.0662. The van der Waals surface area contributed by atoms with E-state index in [-0.39, 0.29) is 17.5 Å². The molecule has 1 aromatic heterocycles. The summed E-state index contributed by atoms with van der Waals surface area (Å²) in [4.78, 5) is 26.9. The van der Waals surface area contributed by atoms with Crippen LogP contribution in [0.2, 0.25) is 5.15 Å². The van der Waals surface area contributed by atoms with Crippen molar-refractivity contribution in [1.29, 1.82) is 0 Å². The predicted octanol–water partition coefficient (Wildman–Crippen LogP) is 1.10. The minimum Gasteiger partial charge on any atom is -0.493 e. The fraction of sp³-hybridized carbons (Fsp3) is 0.250. The molecule has 0 saturated carbocycles. The lowest BCUT2D eigenvalue weighted by Crippen LogP contribution is -2.24. The Morgan fingerprint density at radius 1 is 1.45 bits per heavy atom. The summed E-state index contributed by atoms with van der Waals surface area (Å²) in [6.07, 6.45) is 2.65. The van der Waals surface area contributed by atoms with Crippen LogP contribution in [0.15, 0.2) is 30.4 Å². The van der Waals surface area contributed by atoms with Crippen molar-refractivity contribution >= 4 is 29.2 Å². The molecule has 20 heavy (non-hydrogen) atoms. The Labute approximate surface area is 119 Å². The van der Waals surface area contributed by atoms with E-state index < -0.39 is 18.5 Å². The fourth-order valence-corrected chi connectivity index (χ4v) is 1.51. The number of anilines is 1. The molecule has 1 N–H and O–H groups in total. The molecule has 1 aromatic rings. The molecule has 0 aliphatic carbocycles. The van der Waals surface area contributed by atoms with E-state index in [0.717, 1.165) is 6.26 Å². The van der Waals surface area contributed by atoms with E-state index in [9.17, 15) is 9.59 Å². The third kappa shape index (κ3) is 3.86. The molecule has 1 aliphatic rings. The smallest absolute Gasteiger partial charge is 0.377 e. The molecule has 8 heteroatoms. The van der Waals surface area contributed by atoms with E-state index in [1.165, 1.54) is 6.20 Å². The summed E-state index contributed by atoms with van der Waals surface area (Å²) < 4.78 is 14.7. The highest BCUT2D eigenvalue weighted by Gasteiger charge is 2.18. The van der Waals surface area contributed by atoms with Gasteiger partial charge in [0.05, 0.1) is 5.69 Å². The molecule has 0 aromatic carbocycles. The summed E-state index contributed by atoms with van der Waals surface area (Å²) in [7, 11) is 0. The van der Waals surface area contributed by atoms with E-state index in [4.69, 9.17) is 25.8 Å². The van der Waals surface area contributed by atoms with Gasteiger partial charge in [-0.05, 0) is 12.1 Å². The minimum atomic E-state index is -0.767. The first-order chi connectivity index (χ1) is 9.66. The number of aromatic nitrogens is 1. The quantitative estimate of drug-likeness (QED) is 0.662. The molecule has 0 atom stereocenters. The molecular weight excluding hydrogens is 288 g/mol. The second-order valence-corrected chi connectivity index (χ2v) is 4.03. The molecule has 7 nitrogen and oxygen atoms in total. The van der Waals surface area contributed by atoms with Crippen LogP contribution in [0.4, 0.5) is 5.69 Å². The van der Waals surface area contributed by atoms with Gasteiger partial charge in [-0.15, -0.1) is 0 Å². The van der Waals surface area contributed by atoms with Gasteiger partial charge in [0.2, 0.25) is 5.76 Å². The summed E-state index contributed by atoms with van der Waals surface area (Å²) in [6.45, 7) is 0.167. The van der Waals surface area contributed by atoms with Crippen LogP contribution in [-0.2, 0) is 23.8 Å². The van der Waals surface area contributed by atoms with Crippen LogP contribution in [-0.4, -0.2) is 36.7 Å². The molecule has 0 radical (unpaired) electrons. The first-order valence-corrected chi connectivity index (χ1v) is 6.06. The van der Waals surface area contributed by atoms with Crippen LogP contribution in [0.25, 0.3) is 0 Å². The van der Waals surface area contributed by atoms with Gasteiger partial charge in [0.1, 0.15) is 19.5 Å². The number of hydrogen-bond donors (Lipinski definition) is 1. The van der Waals surface area contributed by atoms with Crippen LogP contribution in [0, 0.1) is 0 Å². The number of esters is 1. The van der Waals surface area contributed by atoms with Crippen molar-refractivity contribution in [2.45, 2.75) is 0 Å². The molecule has 0 fully saturated rings. The third-order valence-electron chi connectivity index (χ3n) is 2.22. The summed E-state index contributed by atoms with van der Waals surface area (Å²) in [5, 5.41) is 2.62. The van der Waals surface area contributed by atoms with Crippen molar-refractivity contribution in [3.05, 3.63) is 35.5 Å². The standard InChI is InChI=1S/C12H11ClN2O5/c13-11-8(2-1-3-14-11)15-10(16)7-20-12(17)9-6-18-4-5-19-9/h1-3,6H,4-5,7H2,(H,15,16). The Bertz CT molecular complexity index is 546. The number of amides is 1. The van der Waals surface area contributed by atoms with E-state index in [1.54, 1.807) is 12.1 Å². The maximum Gasteiger partial charge on any atom is 0.377 e. The molecule has 1 amide bonds. The van der Waals surface area contributed by atoms with Crippen molar-refractivity contribution in [3.63, 3.8) is 0 Å². The molecule has 0 saturated heterocycles. The van der Waals surface area contributed by atoms with E-state index in [1.807, 2.05) is 0 Å². The van der Waals surface area contributed by atoms with E-state index in [2.05, 4.69) is 10.3 Å². The second-order valence-electron chi connectivity index (χ2n) is 3.67. The predicted molar refractivity (Wildman–Crippen MR) is 68.8 cm³/mol. The van der Waals surface area contributed by atoms with Gasteiger partial charge in [0.15, 0.2) is 11.8 Å². The number of halogens is 1. The molecule has 0 spiro atoms. The maximum absolute atomic E-state index is 11.6. The molecule has 0 unspecified atom stereocenters. The lowest BCUT2D eigenvalue weighted by Gasteiger charge is -2.14. The number of hydrogen-bond acceptors (Lipinski definition) is 6. The molecule has 2 heterocycles. The van der Waals surface area contributed by atoms with Crippen LogP contribution >= 0.6 is 11.6 Å². The van der Waals surface area contributed by atoms with Gasteiger partial charge in [0.25, 0.3) is 5.91 Å². The number of carbonyl (C=O) groups is 2. The van der Waals surface area contributed by atoms with Crippen molar-refractivity contribution < 1.29 is 23.8 Å². The summed E-state index contributed by atoms with van der Waals surface area (Å²) in [5.74, 6) is -1.37. The van der Waals surface area contributed by atoms with Gasteiger partial charge in [-0.3, -0.25) is 4.79 Å². The number of nitrogens with one attached hydrogen (secondary N) is 1. The SMILES string of the molecule is O=C(COC(=O)C1=COCCO1)Nc1cccnc1Cl. The van der Waals surface area contributed by atoms with Gasteiger partial charge in [-0.1, -0.05) is 11.6 Å². The molecule has 1 aliphatic heterocycles. The van der Waals surface area contributed by atoms with Gasteiger partial charge in [-0.25, -0.2) is 9.78 Å². The Morgan fingerprint density at radius 2 is 2.30 bits per heavy atom. The van der Waals surface area contributed by atoms with Gasteiger partial charge in [-0.2, -0.15) is 0 Å². The van der Waals surface area contributed by atoms with Crippen LogP contribution < -0.4 is 5.32 Å². The number of ether oxygens (including phenoxy) is 3. The van der Waals surface area contributed by atoms with Crippen LogP contribution in [0.5, 0.6) is 0 Å². The summed E-state index contributed by atoms with van der Waals surface area (Å²) in [5.41, 5.74) is 0.340. The highest BCUT2D eigenvalue weighted by molar-refractivity contribution is 6.32. The van der Waals surface area contributed by atoms with Crippen molar-refractivity contribution in [2.75, 3.05) is 25.1 Å². The van der Waals surface area contributed by atoms with Crippen molar-refractivity contribution in [2.24, 2.45) is 0 Å². The highest BCUT2D eigenvalue weighted by atomic mass is 35.5. The first kappa shape index (κ1) is 14.1. The highest BCUT2D eigenvalue weighted by Crippen LogP contribution is 2.17. The van der Waals surface area contributed by atoms with Crippen molar-refractivity contribution in [3.8, 4) is 0 Å². The lowest BCUT2D eigenvalue weighted by atomic mass is 10.4. The van der Waals surface area contributed by atoms with Gasteiger partial charge < -0.3 is 19.5 Å². The Hall–Kier alpha value is -2.28. The second kappa shape index (κ2) is 6.76. The Balaban J connectivity index is 1.82. The Kier molecular flexibility index (Phi) is 4.78. The number of carbonyl (C=O) groups excluding carboxylic acids is 2. The molecule has 2 rings (SSSR count). The number of rotatable bonds is 4. The monoisotopic (exact) mass is 298 g/mol. The van der Waals surface area contributed by atoms with E-state index in [0.29, 0.717) is 12.3 Å². The third-order valence-corrected chi connectivity index (χ3v) is 2.52. The average molecular weight is 299 g/mol. The largest absolute Gasteiger partial charge is 0.493 e. The summed E-state index contributed by atoms with van der Waals surface area (Å²) >= 11 is 5.77. The van der Waals surface area contributed by atoms with Gasteiger partial charge in [0, 0.05) is 6.20 Å². The normalized spacial score (nSPS) is 13.6. The van der Waals surface area contributed by atoms with Crippen LogP contribution in [0.3, 0.4) is 0 Å². The number of pyridine rings is 1. The zero-order chi connectivity index (χ0) is 14.4. The number of nitrogens with zero attached hydrogens (tertiary/aromatic N) is 1. The molecule has 106 valence electrons. The zero-order valence-corrected chi connectivity index (χ0v) is 11.1. The lowest BCUT2D eigenvalue weighted by molar-refractivity contribution is -0.148. The molecular formula is C12H11ClN2O5. The average Bonchev–Trinajstić information content (AvgIpc) is 2.48. The zero-order valence-electron chi connectivity index (χ0n) is 10.3. The Morgan fingerprint density at radius 3 is 3.00 bits per heavy atom. The van der Waals surface area contributed by atoms with E-state index >= 15 is 0 Å². The van der Waals surface area contributed by atoms with Gasteiger partial charge >= 0.3 is 5.97 Å². The topological polar surface area (TPSA) is 86.8 Å². The fourth-order valence-electron chi connectivity index (χ4n) is 1.34. The summed E-state index contributed by atoms with van der Waals surface area (Å²) in [6, 6.07) is 3.20. The van der Waals surface area contributed by atoms with Crippen LogP contribution in [0.1, 0.15) is 0 Å². The van der Waals surface area contributed by atoms with Crippen molar-refractivity contribution in [1.82, 2.24) is 4.98 Å². The maximum atomic E-state index is 11.6.